The number of nitrogens with zero attached hydrogens (tertiary/aromatic N) is 1. The van der Waals surface area contributed by atoms with E-state index in [1.165, 1.54) is 7.11 Å². The van der Waals surface area contributed by atoms with E-state index in [1.807, 2.05) is 29.2 Å². The lowest BCUT2D eigenvalue weighted by Gasteiger charge is -2.31. The Hall–Kier alpha value is -3.28. The molecule has 2 heterocycles. The average molecular weight is 377 g/mol. The monoisotopic (exact) mass is 377 g/mol. The Kier molecular flexibility index (Phi) is 3.86. The second kappa shape index (κ2) is 6.41. The molecule has 6 nitrogen and oxygen atoms in total. The SMILES string of the molecule is COC(=O)c1cccc(N2COc3ccc4c5c(c(=O)oc4c3C2)CCC5)c1. The predicted molar refractivity (Wildman–Crippen MR) is 104 cm³/mol. The standard InChI is InChI=1S/C22H19NO5/c1-26-21(24)13-4-2-5-14(10-13)23-11-18-19(27-12-23)9-8-16-15-6-3-7-17(15)22(25)28-20(16)18/h2,4-5,8-10H,3,6-7,11-12H2,1H3. The van der Waals surface area contributed by atoms with Gasteiger partial charge in [-0.25, -0.2) is 9.59 Å². The number of carbonyl (C=O) groups excluding carboxylic acids is 1. The average Bonchev–Trinajstić information content (AvgIpc) is 3.24. The summed E-state index contributed by atoms with van der Waals surface area (Å²) in [6, 6.07) is 11.2. The Bertz CT molecular complexity index is 1160. The Morgan fingerprint density at radius 3 is 2.82 bits per heavy atom. The Morgan fingerprint density at radius 2 is 1.96 bits per heavy atom. The highest BCUT2D eigenvalue weighted by Crippen LogP contribution is 2.37. The fourth-order valence-corrected chi connectivity index (χ4v) is 4.17. The molecule has 0 saturated heterocycles. The number of esters is 1. The second-order valence-corrected chi connectivity index (χ2v) is 7.13. The number of fused-ring (bicyclic) bond motifs is 5. The first-order valence-electron chi connectivity index (χ1n) is 9.32. The molecule has 0 saturated carbocycles. The molecule has 0 spiro atoms. The van der Waals surface area contributed by atoms with Crippen molar-refractivity contribution < 1.29 is 18.7 Å². The van der Waals surface area contributed by atoms with E-state index in [0.717, 1.165) is 52.8 Å². The van der Waals surface area contributed by atoms with Gasteiger partial charge in [0.25, 0.3) is 0 Å². The highest BCUT2D eigenvalue weighted by atomic mass is 16.5. The fraction of sp³-hybridized carbons (Fsp3) is 0.273. The van der Waals surface area contributed by atoms with Crippen LogP contribution in [0, 0.1) is 0 Å². The van der Waals surface area contributed by atoms with Crippen LogP contribution in [0.2, 0.25) is 0 Å². The van der Waals surface area contributed by atoms with Gasteiger partial charge in [0.05, 0.1) is 24.8 Å². The summed E-state index contributed by atoms with van der Waals surface area (Å²) in [7, 11) is 1.36. The van der Waals surface area contributed by atoms with Gasteiger partial charge >= 0.3 is 11.6 Å². The van der Waals surface area contributed by atoms with Gasteiger partial charge in [-0.1, -0.05) is 6.07 Å². The quantitative estimate of drug-likeness (QED) is 0.503. The maximum absolute atomic E-state index is 12.4. The third-order valence-corrected chi connectivity index (χ3v) is 5.56. The summed E-state index contributed by atoms with van der Waals surface area (Å²) in [6.07, 6.45) is 2.68. The maximum Gasteiger partial charge on any atom is 0.339 e. The number of methoxy groups -OCH3 is 1. The number of hydrogen-bond donors (Lipinski definition) is 0. The molecule has 142 valence electrons. The van der Waals surface area contributed by atoms with Crippen molar-refractivity contribution in [2.24, 2.45) is 0 Å². The molecule has 2 aliphatic rings. The smallest absolute Gasteiger partial charge is 0.339 e. The van der Waals surface area contributed by atoms with Crippen molar-refractivity contribution in [3.8, 4) is 5.75 Å². The summed E-state index contributed by atoms with van der Waals surface area (Å²) in [5.41, 5.74) is 4.47. The third-order valence-electron chi connectivity index (χ3n) is 5.56. The predicted octanol–water partition coefficient (Wildman–Crippen LogP) is 3.42. The number of aryl methyl sites for hydroxylation is 1. The molecule has 0 radical (unpaired) electrons. The van der Waals surface area contributed by atoms with E-state index in [4.69, 9.17) is 13.9 Å². The molecule has 5 rings (SSSR count). The lowest BCUT2D eigenvalue weighted by molar-refractivity contribution is 0.0600. The zero-order chi connectivity index (χ0) is 19.3. The zero-order valence-electron chi connectivity index (χ0n) is 15.5. The van der Waals surface area contributed by atoms with Crippen LogP contribution in [0.1, 0.15) is 33.5 Å². The van der Waals surface area contributed by atoms with Crippen LogP contribution in [0.15, 0.2) is 45.6 Å². The summed E-state index contributed by atoms with van der Waals surface area (Å²) >= 11 is 0. The van der Waals surface area contributed by atoms with Gasteiger partial charge in [-0.3, -0.25) is 0 Å². The lowest BCUT2D eigenvalue weighted by atomic mass is 10.0. The highest BCUT2D eigenvalue weighted by molar-refractivity contribution is 5.90. The van der Waals surface area contributed by atoms with Crippen LogP contribution in [0.25, 0.3) is 11.0 Å². The number of benzene rings is 2. The molecule has 6 heteroatoms. The van der Waals surface area contributed by atoms with Gasteiger partial charge in [0.1, 0.15) is 11.3 Å². The molecule has 28 heavy (non-hydrogen) atoms. The molecule has 0 unspecified atom stereocenters. The molecule has 2 aromatic carbocycles. The summed E-state index contributed by atoms with van der Waals surface area (Å²) in [4.78, 5) is 26.3. The molecular weight excluding hydrogens is 358 g/mol. The zero-order valence-corrected chi connectivity index (χ0v) is 15.5. The Labute approximate surface area is 161 Å². The molecular formula is C22H19NO5. The summed E-state index contributed by atoms with van der Waals surface area (Å²) in [6.45, 7) is 0.872. The van der Waals surface area contributed by atoms with Crippen molar-refractivity contribution in [2.75, 3.05) is 18.7 Å². The second-order valence-electron chi connectivity index (χ2n) is 7.13. The summed E-state index contributed by atoms with van der Waals surface area (Å²) in [5.74, 6) is 0.348. The minimum atomic E-state index is -0.382. The first kappa shape index (κ1) is 16.9. The molecule has 1 aliphatic carbocycles. The lowest BCUT2D eigenvalue weighted by Crippen LogP contribution is -2.32. The van der Waals surface area contributed by atoms with Crippen LogP contribution in [0.5, 0.6) is 5.75 Å². The number of anilines is 1. The van der Waals surface area contributed by atoms with Gasteiger partial charge in [0, 0.05) is 16.6 Å². The molecule has 0 N–H and O–H groups in total. The van der Waals surface area contributed by atoms with E-state index in [9.17, 15) is 9.59 Å². The van der Waals surface area contributed by atoms with E-state index in [2.05, 4.69) is 0 Å². The third kappa shape index (κ3) is 2.56. The number of hydrogen-bond acceptors (Lipinski definition) is 6. The molecule has 3 aromatic rings. The van der Waals surface area contributed by atoms with Gasteiger partial charge in [-0.05, 0) is 55.2 Å². The van der Waals surface area contributed by atoms with Gasteiger partial charge in [0.15, 0.2) is 6.73 Å². The Morgan fingerprint density at radius 1 is 1.11 bits per heavy atom. The van der Waals surface area contributed by atoms with Crippen LogP contribution in [0.3, 0.4) is 0 Å². The van der Waals surface area contributed by atoms with E-state index in [1.54, 1.807) is 12.1 Å². The van der Waals surface area contributed by atoms with Gasteiger partial charge in [0.2, 0.25) is 0 Å². The van der Waals surface area contributed by atoms with Gasteiger partial charge in [-0.15, -0.1) is 0 Å². The van der Waals surface area contributed by atoms with E-state index in [-0.39, 0.29) is 11.6 Å². The van der Waals surface area contributed by atoms with Crippen molar-refractivity contribution in [3.05, 3.63) is 69.1 Å². The van der Waals surface area contributed by atoms with E-state index < -0.39 is 0 Å². The van der Waals surface area contributed by atoms with Crippen LogP contribution in [-0.2, 0) is 24.1 Å². The first-order chi connectivity index (χ1) is 13.7. The Balaban J connectivity index is 1.59. The minimum Gasteiger partial charge on any atom is -0.473 e. The number of carbonyl (C=O) groups is 1. The van der Waals surface area contributed by atoms with Crippen molar-refractivity contribution in [3.63, 3.8) is 0 Å². The molecule has 1 aliphatic heterocycles. The largest absolute Gasteiger partial charge is 0.473 e. The van der Waals surface area contributed by atoms with Crippen molar-refractivity contribution in [1.82, 2.24) is 0 Å². The molecule has 0 atom stereocenters. The normalized spacial score (nSPS) is 15.1. The van der Waals surface area contributed by atoms with Gasteiger partial charge < -0.3 is 18.8 Å². The first-order valence-corrected chi connectivity index (χ1v) is 9.32. The molecule has 0 amide bonds. The van der Waals surface area contributed by atoms with Crippen molar-refractivity contribution >= 4 is 22.6 Å². The van der Waals surface area contributed by atoms with E-state index in [0.29, 0.717) is 24.4 Å². The topological polar surface area (TPSA) is 69.0 Å². The molecule has 0 bridgehead atoms. The number of rotatable bonds is 2. The van der Waals surface area contributed by atoms with Crippen molar-refractivity contribution in [1.29, 1.82) is 0 Å². The van der Waals surface area contributed by atoms with Crippen LogP contribution in [-0.4, -0.2) is 19.8 Å². The van der Waals surface area contributed by atoms with Crippen LogP contribution < -0.4 is 15.3 Å². The van der Waals surface area contributed by atoms with Gasteiger partial charge in [-0.2, -0.15) is 0 Å². The van der Waals surface area contributed by atoms with Crippen molar-refractivity contribution in [2.45, 2.75) is 25.8 Å². The summed E-state index contributed by atoms with van der Waals surface area (Å²) in [5, 5.41) is 1.000. The molecule has 1 aromatic heterocycles. The maximum atomic E-state index is 12.4. The highest BCUT2D eigenvalue weighted by Gasteiger charge is 2.26. The number of ether oxygens (including phenoxy) is 2. The summed E-state index contributed by atoms with van der Waals surface area (Å²) < 4.78 is 16.5. The fourth-order valence-electron chi connectivity index (χ4n) is 4.17. The molecule has 0 fully saturated rings. The minimum absolute atomic E-state index is 0.238. The van der Waals surface area contributed by atoms with Crippen LogP contribution >= 0.6 is 0 Å². The van der Waals surface area contributed by atoms with Crippen LogP contribution in [0.4, 0.5) is 5.69 Å². The van der Waals surface area contributed by atoms with E-state index >= 15 is 0 Å².